The van der Waals surface area contributed by atoms with Gasteiger partial charge >= 0.3 is 76.0 Å². The molecule has 33 nitrogen and oxygen atoms in total. The molecule has 0 fully saturated rings. The highest BCUT2D eigenvalue weighted by Gasteiger charge is 2.61. The molecule has 0 aliphatic rings. The highest BCUT2D eigenvalue weighted by molar-refractivity contribution is 7.73. The topological polar surface area (TPSA) is 602 Å². The molecule has 0 unspecified atom stereocenters. The van der Waals surface area contributed by atoms with Gasteiger partial charge in [0.15, 0.2) is 5.40 Å². The van der Waals surface area contributed by atoms with Gasteiger partial charge in [-0.3, -0.25) is 55.5 Å². The summed E-state index contributed by atoms with van der Waals surface area (Å²) in [5, 5.41) is 5.92. The van der Waals surface area contributed by atoms with E-state index in [0.29, 0.717) is 0 Å². The van der Waals surface area contributed by atoms with Crippen LogP contribution in [0.1, 0.15) is 0 Å². The van der Waals surface area contributed by atoms with Gasteiger partial charge in [-0.1, -0.05) is 0 Å². The van der Waals surface area contributed by atoms with Crippen molar-refractivity contribution in [3.8, 4) is 0 Å². The van der Waals surface area contributed by atoms with E-state index in [1.807, 2.05) is 0 Å². The van der Waals surface area contributed by atoms with Crippen molar-refractivity contribution in [3.63, 3.8) is 0 Å². The standard InChI is InChI=1S/C6H24N2O24P8.C2H8O7P2/c9-33(10,11)3(34(12,13)14)7(4(35(15,16)17)36(18,19)20)1-2-8(5(37(21,22)23)38(24,25)26)6(39(27,28)29)40(30,31)32;3-1-2(10(4,5)6)11(7,8)9/h3-6H,1-2H2,(H2,9,10,11)(H2,12,13,14)(H2,15,16,17)(H2,18,19,20)(H2,21,22,23)(H2,24,25,26)(H2,27,28,29)(H2,30,31,32);2-3H,1H2,(H2,4,5,6)(H2,7,8,9). The van der Waals surface area contributed by atoms with Crippen molar-refractivity contribution < 1.29 is 149 Å². The highest BCUT2D eigenvalue weighted by atomic mass is 31.3. The zero-order valence-corrected chi connectivity index (χ0v) is 32.8. The zero-order chi connectivity index (χ0) is 42.2. The van der Waals surface area contributed by atoms with Crippen molar-refractivity contribution in [1.82, 2.24) is 9.80 Å². The summed E-state index contributed by atoms with van der Waals surface area (Å²) in [5.41, 5.74) is -15.9. The lowest BCUT2D eigenvalue weighted by Gasteiger charge is -2.41. The van der Waals surface area contributed by atoms with Crippen LogP contribution in [0.4, 0.5) is 0 Å². The van der Waals surface area contributed by atoms with Gasteiger partial charge in [-0.05, 0) is 0 Å². The normalized spacial score (nSPS) is 15.5. The van der Waals surface area contributed by atoms with Crippen molar-refractivity contribution in [2.45, 2.75) is 27.5 Å². The second kappa shape index (κ2) is 17.9. The molecule has 43 heteroatoms. The van der Waals surface area contributed by atoms with E-state index < -0.39 is 133 Å². The molecule has 21 N–H and O–H groups in total. The zero-order valence-electron chi connectivity index (χ0n) is 23.8. The molecule has 0 heterocycles. The van der Waals surface area contributed by atoms with Crippen LogP contribution in [0.3, 0.4) is 0 Å². The van der Waals surface area contributed by atoms with Gasteiger partial charge in [-0.2, -0.15) is 0 Å². The van der Waals surface area contributed by atoms with Crippen LogP contribution in [0.2, 0.25) is 0 Å². The molecule has 0 spiro atoms. The van der Waals surface area contributed by atoms with Gasteiger partial charge in [0.2, 0.25) is 22.1 Å². The molecule has 0 rings (SSSR count). The largest absolute Gasteiger partial charge is 0.395 e. The molecule has 0 saturated heterocycles. The quantitative estimate of drug-likeness (QED) is 0.0571. The van der Waals surface area contributed by atoms with Crippen LogP contribution in [0, 0.1) is 0 Å². The third-order valence-electron chi connectivity index (χ3n) is 5.15. The summed E-state index contributed by atoms with van der Waals surface area (Å²) in [7, 11) is -62.1. The van der Waals surface area contributed by atoms with Crippen LogP contribution in [-0.2, 0) is 45.7 Å². The lowest BCUT2D eigenvalue weighted by molar-refractivity contribution is 0.152. The van der Waals surface area contributed by atoms with Crippen LogP contribution in [0.5, 0.6) is 0 Å². The van der Waals surface area contributed by atoms with Crippen LogP contribution < -0.4 is 0 Å². The van der Waals surface area contributed by atoms with E-state index in [1.165, 1.54) is 0 Å². The van der Waals surface area contributed by atoms with Crippen molar-refractivity contribution >= 4 is 76.0 Å². The van der Waals surface area contributed by atoms with Gasteiger partial charge in [-0.25, -0.2) is 0 Å². The van der Waals surface area contributed by atoms with Gasteiger partial charge in [0, 0.05) is 13.1 Å². The number of aliphatic hydroxyl groups excluding tert-OH is 1. The number of hydrogen-bond donors (Lipinski definition) is 21. The average Bonchev–Trinajstić information content (AvgIpc) is 2.67. The first kappa shape index (κ1) is 54.5. The van der Waals surface area contributed by atoms with E-state index in [-0.39, 0.29) is 0 Å². The van der Waals surface area contributed by atoms with Gasteiger partial charge in [0.05, 0.1) is 6.61 Å². The van der Waals surface area contributed by atoms with E-state index in [9.17, 15) is 124 Å². The molecular weight excluding hydrogens is 930 g/mol. The number of aliphatic hydroxyl groups is 1. The molecule has 0 saturated carbocycles. The molecule has 310 valence electrons. The molecule has 0 bridgehead atoms. The Morgan fingerprint density at radius 1 is 0.294 bits per heavy atom. The van der Waals surface area contributed by atoms with Crippen LogP contribution >= 0.6 is 76.0 Å². The van der Waals surface area contributed by atoms with Gasteiger partial charge < -0.3 is 103 Å². The van der Waals surface area contributed by atoms with Crippen molar-refractivity contribution in [3.05, 3.63) is 0 Å². The Balaban J connectivity index is 0. The number of nitrogens with zero attached hydrogens (tertiary/aromatic N) is 2. The molecule has 0 radical (unpaired) electrons. The minimum Gasteiger partial charge on any atom is -0.395 e. The van der Waals surface area contributed by atoms with E-state index in [0.717, 1.165) is 0 Å². The first-order valence-corrected chi connectivity index (χ1v) is 28.1. The Morgan fingerprint density at radius 3 is 0.490 bits per heavy atom. The summed E-state index contributed by atoms with van der Waals surface area (Å²) in [4.78, 5) is 182. The minimum absolute atomic E-state index is 1.08. The maximum atomic E-state index is 11.9. The molecule has 0 amide bonds. The monoisotopic (exact) mass is 962 g/mol. The Bertz CT molecular complexity index is 1380. The Kier molecular flexibility index (Phi) is 19.1. The van der Waals surface area contributed by atoms with Crippen molar-refractivity contribution in [2.24, 2.45) is 0 Å². The molecule has 0 aromatic carbocycles. The fourth-order valence-corrected chi connectivity index (χ4v) is 17.9. The lowest BCUT2D eigenvalue weighted by atomic mass is 10.5. The predicted octanol–water partition coefficient (Wildman–Crippen LogP) is -5.19. The summed E-state index contributed by atoms with van der Waals surface area (Å²) in [6.45, 7) is -5.78. The maximum absolute atomic E-state index is 11.9. The second-order valence-corrected chi connectivity index (χ2v) is 28.4. The second-order valence-electron chi connectivity index (χ2n) is 9.42. The van der Waals surface area contributed by atoms with E-state index >= 15 is 0 Å². The van der Waals surface area contributed by atoms with Crippen LogP contribution in [0.15, 0.2) is 0 Å². The summed E-state index contributed by atoms with van der Waals surface area (Å²) in [6.07, 6.45) is 0. The summed E-state index contributed by atoms with van der Waals surface area (Å²) >= 11 is 0. The van der Waals surface area contributed by atoms with Crippen LogP contribution in [-0.4, -0.2) is 160 Å². The molecule has 0 aliphatic heterocycles. The first-order valence-electron chi connectivity index (χ1n) is 11.3. The summed E-state index contributed by atoms with van der Waals surface area (Å²) < 4.78 is 115. The first-order chi connectivity index (χ1) is 21.7. The van der Waals surface area contributed by atoms with Crippen molar-refractivity contribution in [1.29, 1.82) is 0 Å². The fraction of sp³-hybridized carbons (Fsp3) is 1.00. The molecular formula is C8H32N2O31P10. The van der Waals surface area contributed by atoms with E-state index in [2.05, 4.69) is 0 Å². The molecule has 0 atom stereocenters. The third kappa shape index (κ3) is 17.6. The fourth-order valence-electron chi connectivity index (χ4n) is 3.67. The molecule has 0 aromatic heterocycles. The van der Waals surface area contributed by atoms with Gasteiger partial charge in [-0.15, -0.1) is 0 Å². The van der Waals surface area contributed by atoms with Crippen molar-refractivity contribution in [2.75, 3.05) is 19.7 Å². The van der Waals surface area contributed by atoms with Gasteiger partial charge in [0.1, 0.15) is 0 Å². The smallest absolute Gasteiger partial charge is 0.355 e. The average molecular weight is 962 g/mol. The van der Waals surface area contributed by atoms with E-state index in [4.69, 9.17) is 24.7 Å². The SMILES string of the molecule is O=P(O)(O)C(CO)P(=O)(O)O.O=P(O)(O)C(N(CCN(C(P(=O)(O)O)P(=O)(O)O)C(P(=O)(O)O)P(=O)(O)O)C(P(=O)(O)O)P(=O)(O)O)P(=O)(O)O. The van der Waals surface area contributed by atoms with Crippen LogP contribution in [0.25, 0.3) is 0 Å². The van der Waals surface area contributed by atoms with E-state index in [1.54, 1.807) is 0 Å². The maximum Gasteiger partial charge on any atom is 0.355 e. The number of rotatable bonds is 18. The summed E-state index contributed by atoms with van der Waals surface area (Å²) in [5.74, 6) is 0. The molecule has 0 aromatic rings. The molecule has 0 aliphatic carbocycles. The Labute approximate surface area is 281 Å². The molecule has 51 heavy (non-hydrogen) atoms. The predicted molar refractivity (Wildman–Crippen MR) is 160 cm³/mol. The third-order valence-corrected chi connectivity index (χ3v) is 23.2. The minimum atomic E-state index is -6.54. The van der Waals surface area contributed by atoms with Gasteiger partial charge in [0.25, 0.3) is 0 Å². The Morgan fingerprint density at radius 2 is 0.431 bits per heavy atom. The number of hydrogen-bond acceptors (Lipinski definition) is 13. The highest BCUT2D eigenvalue weighted by Crippen LogP contribution is 2.71. The lowest BCUT2D eigenvalue weighted by Crippen LogP contribution is -2.50. The Hall–Kier alpha value is 1.38. The summed E-state index contributed by atoms with van der Waals surface area (Å²) in [6, 6.07) is 0.